The molecule has 2 atom stereocenters. The minimum absolute atomic E-state index is 0.0713. The van der Waals surface area contributed by atoms with Crippen molar-refractivity contribution >= 4 is 12.0 Å². The highest BCUT2D eigenvalue weighted by atomic mass is 16.7. The Morgan fingerprint density at radius 2 is 1.33 bits per heavy atom. The van der Waals surface area contributed by atoms with E-state index in [4.69, 9.17) is 9.57 Å². The molecule has 0 aromatic rings. The number of carbonyl (C=O) groups excluding carboxylic acids is 2. The number of rotatable bonds is 3. The fourth-order valence-electron chi connectivity index (χ4n) is 5.00. The molecule has 0 aromatic heterocycles. The van der Waals surface area contributed by atoms with Crippen molar-refractivity contribution in [1.82, 2.24) is 9.96 Å². The zero-order valence-corrected chi connectivity index (χ0v) is 20.0. The lowest BCUT2D eigenvalue weighted by Gasteiger charge is -2.36. The quantitative estimate of drug-likeness (QED) is 0.546. The van der Waals surface area contributed by atoms with Gasteiger partial charge >= 0.3 is 6.09 Å². The fourth-order valence-corrected chi connectivity index (χ4v) is 5.00. The number of likely N-dealkylation sites (tertiary alicyclic amines) is 1. The standard InChI is InChI=1S/C24H44N2O4/c1-24(2,3)30-23(28)26-20(17-18-21(26)22(27)25(4)29-5)19-15-13-11-9-7-6-8-10-12-14-16-19/h19-21H,6-18H2,1-5H3/t20-,21+/m0/s1. The van der Waals surface area contributed by atoms with Crippen molar-refractivity contribution in [3.63, 3.8) is 0 Å². The number of hydroxylamine groups is 2. The van der Waals surface area contributed by atoms with Gasteiger partial charge in [0.2, 0.25) is 0 Å². The molecule has 0 spiro atoms. The molecule has 2 rings (SSSR count). The summed E-state index contributed by atoms with van der Waals surface area (Å²) >= 11 is 0. The molecule has 2 aliphatic rings. The van der Waals surface area contributed by atoms with Gasteiger partial charge in [-0.3, -0.25) is 14.5 Å². The van der Waals surface area contributed by atoms with Crippen LogP contribution >= 0.6 is 0 Å². The van der Waals surface area contributed by atoms with Gasteiger partial charge in [0.15, 0.2) is 0 Å². The van der Waals surface area contributed by atoms with Gasteiger partial charge in [-0.15, -0.1) is 0 Å². The Labute approximate surface area is 183 Å². The molecule has 0 radical (unpaired) electrons. The molecule has 30 heavy (non-hydrogen) atoms. The van der Waals surface area contributed by atoms with E-state index in [1.165, 1.54) is 70.0 Å². The second-order valence-electron chi connectivity index (χ2n) is 10.1. The Morgan fingerprint density at radius 1 is 0.833 bits per heavy atom. The van der Waals surface area contributed by atoms with Crippen LogP contribution in [0.15, 0.2) is 0 Å². The van der Waals surface area contributed by atoms with Crippen molar-refractivity contribution in [1.29, 1.82) is 0 Å². The summed E-state index contributed by atoms with van der Waals surface area (Å²) in [5, 5.41) is 1.24. The van der Waals surface area contributed by atoms with Gasteiger partial charge in [-0.05, 0) is 52.4 Å². The number of carbonyl (C=O) groups is 2. The monoisotopic (exact) mass is 424 g/mol. The highest BCUT2D eigenvalue weighted by Crippen LogP contribution is 2.36. The zero-order valence-electron chi connectivity index (χ0n) is 20.0. The maximum Gasteiger partial charge on any atom is 0.411 e. The number of likely N-dealkylation sites (N-methyl/N-ethyl adjacent to an activating group) is 1. The minimum atomic E-state index is -0.586. The van der Waals surface area contributed by atoms with E-state index in [-0.39, 0.29) is 18.0 Å². The van der Waals surface area contributed by atoms with Gasteiger partial charge in [-0.25, -0.2) is 9.86 Å². The molecule has 1 saturated heterocycles. The summed E-state index contributed by atoms with van der Waals surface area (Å²) in [5.74, 6) is 0.265. The molecule has 0 unspecified atom stereocenters. The lowest BCUT2D eigenvalue weighted by atomic mass is 9.86. The first-order chi connectivity index (χ1) is 14.2. The van der Waals surface area contributed by atoms with Crippen molar-refractivity contribution in [2.24, 2.45) is 5.92 Å². The van der Waals surface area contributed by atoms with Crippen molar-refractivity contribution in [2.45, 2.75) is 122 Å². The molecular weight excluding hydrogens is 380 g/mol. The van der Waals surface area contributed by atoms with Gasteiger partial charge < -0.3 is 4.74 Å². The van der Waals surface area contributed by atoms with Crippen LogP contribution in [0.25, 0.3) is 0 Å². The molecule has 0 aromatic carbocycles. The minimum Gasteiger partial charge on any atom is -0.444 e. The number of nitrogens with zero attached hydrogens (tertiary/aromatic N) is 2. The van der Waals surface area contributed by atoms with Crippen LogP contribution in [0.3, 0.4) is 0 Å². The van der Waals surface area contributed by atoms with Crippen LogP contribution in [0.2, 0.25) is 0 Å². The molecule has 1 aliphatic heterocycles. The molecule has 0 N–H and O–H groups in total. The first kappa shape index (κ1) is 25.0. The third-order valence-electron chi connectivity index (χ3n) is 6.60. The lowest BCUT2D eigenvalue weighted by molar-refractivity contribution is -0.174. The summed E-state index contributed by atoms with van der Waals surface area (Å²) in [6.45, 7) is 5.64. The molecule has 6 nitrogen and oxygen atoms in total. The van der Waals surface area contributed by atoms with Gasteiger partial charge in [0.1, 0.15) is 11.6 Å². The molecule has 1 aliphatic carbocycles. The third-order valence-corrected chi connectivity index (χ3v) is 6.60. The number of amides is 2. The Balaban J connectivity index is 2.19. The first-order valence-corrected chi connectivity index (χ1v) is 12.1. The summed E-state index contributed by atoms with van der Waals surface area (Å²) in [5.41, 5.74) is -0.586. The van der Waals surface area contributed by atoms with Crippen LogP contribution in [0.1, 0.15) is 104 Å². The lowest BCUT2D eigenvalue weighted by Crippen LogP contribution is -2.52. The molecule has 0 bridgehead atoms. The van der Waals surface area contributed by atoms with Crippen molar-refractivity contribution in [3.8, 4) is 0 Å². The molecular formula is C24H44N2O4. The number of hydrogen-bond donors (Lipinski definition) is 0. The SMILES string of the molecule is CON(C)C(=O)[C@H]1CC[C@@H](C2CCCCCCCCCCC2)N1C(=O)OC(C)(C)C. The van der Waals surface area contributed by atoms with E-state index in [0.717, 1.165) is 19.3 Å². The normalized spacial score (nSPS) is 25.3. The largest absolute Gasteiger partial charge is 0.444 e. The number of ether oxygens (including phenoxy) is 1. The van der Waals surface area contributed by atoms with Crippen LogP contribution in [0.4, 0.5) is 4.79 Å². The predicted molar refractivity (Wildman–Crippen MR) is 119 cm³/mol. The summed E-state index contributed by atoms with van der Waals surface area (Å²) in [4.78, 5) is 33.0. The van der Waals surface area contributed by atoms with Crippen molar-refractivity contribution < 1.29 is 19.2 Å². The smallest absolute Gasteiger partial charge is 0.411 e. The highest BCUT2D eigenvalue weighted by Gasteiger charge is 2.46. The molecule has 174 valence electrons. The number of hydrogen-bond acceptors (Lipinski definition) is 4. The maximum atomic E-state index is 13.2. The Hall–Kier alpha value is -1.30. The summed E-state index contributed by atoms with van der Waals surface area (Å²) < 4.78 is 5.75. The average Bonchev–Trinajstić information content (AvgIpc) is 3.11. The van der Waals surface area contributed by atoms with E-state index in [9.17, 15) is 9.59 Å². The van der Waals surface area contributed by atoms with Gasteiger partial charge in [0, 0.05) is 13.1 Å². The Bertz CT molecular complexity index is 534. The van der Waals surface area contributed by atoms with Crippen LogP contribution in [0, 0.1) is 5.92 Å². The molecule has 2 fully saturated rings. The van der Waals surface area contributed by atoms with Gasteiger partial charge in [-0.2, -0.15) is 0 Å². The van der Waals surface area contributed by atoms with E-state index < -0.39 is 11.6 Å². The second-order valence-corrected chi connectivity index (χ2v) is 10.1. The Kier molecular flexibility index (Phi) is 9.92. The molecule has 6 heteroatoms. The summed E-state index contributed by atoms with van der Waals surface area (Å²) in [6, 6.07) is -0.432. The van der Waals surface area contributed by atoms with E-state index >= 15 is 0 Å². The van der Waals surface area contributed by atoms with E-state index in [2.05, 4.69) is 0 Å². The summed E-state index contributed by atoms with van der Waals surface area (Å²) in [7, 11) is 3.09. The van der Waals surface area contributed by atoms with Crippen molar-refractivity contribution in [3.05, 3.63) is 0 Å². The predicted octanol–water partition coefficient (Wildman–Crippen LogP) is 5.70. The average molecular weight is 425 g/mol. The molecule has 2 amide bonds. The van der Waals surface area contributed by atoms with E-state index in [1.807, 2.05) is 20.8 Å². The third kappa shape index (κ3) is 7.44. The van der Waals surface area contributed by atoms with Crippen LogP contribution in [-0.2, 0) is 14.4 Å². The molecule has 1 heterocycles. The molecule has 1 saturated carbocycles. The zero-order chi connectivity index (χ0) is 22.1. The second kappa shape index (κ2) is 11.9. The van der Waals surface area contributed by atoms with E-state index in [0.29, 0.717) is 12.3 Å². The van der Waals surface area contributed by atoms with E-state index in [1.54, 1.807) is 11.9 Å². The van der Waals surface area contributed by atoms with Gasteiger partial charge in [-0.1, -0.05) is 57.8 Å². The maximum absolute atomic E-state index is 13.2. The van der Waals surface area contributed by atoms with Crippen LogP contribution in [0.5, 0.6) is 0 Å². The first-order valence-electron chi connectivity index (χ1n) is 12.1. The highest BCUT2D eigenvalue weighted by molar-refractivity contribution is 5.85. The van der Waals surface area contributed by atoms with Gasteiger partial charge in [0.25, 0.3) is 5.91 Å². The fraction of sp³-hybridized carbons (Fsp3) is 0.917. The summed E-state index contributed by atoms with van der Waals surface area (Å²) in [6.07, 6.45) is 15.1. The van der Waals surface area contributed by atoms with Crippen LogP contribution < -0.4 is 0 Å². The van der Waals surface area contributed by atoms with Crippen molar-refractivity contribution in [2.75, 3.05) is 14.2 Å². The van der Waals surface area contributed by atoms with Crippen LogP contribution in [-0.4, -0.2) is 53.8 Å². The van der Waals surface area contributed by atoms with Gasteiger partial charge in [0.05, 0.1) is 7.11 Å². The Morgan fingerprint density at radius 3 is 1.80 bits per heavy atom. The topological polar surface area (TPSA) is 59.1 Å².